The SMILES string of the molecule is COc1ccccc1CN(C)C(=O)CCCCN. The molecule has 0 aliphatic carbocycles. The van der Waals surface area contributed by atoms with E-state index >= 15 is 0 Å². The smallest absolute Gasteiger partial charge is 0.222 e. The molecule has 0 unspecified atom stereocenters. The highest BCUT2D eigenvalue weighted by atomic mass is 16.5. The quantitative estimate of drug-likeness (QED) is 0.750. The number of hydrogen-bond donors (Lipinski definition) is 1. The van der Waals surface area contributed by atoms with Crippen LogP contribution >= 0.6 is 0 Å². The normalized spacial score (nSPS) is 10.2. The highest BCUT2D eigenvalue weighted by molar-refractivity contribution is 5.75. The van der Waals surface area contributed by atoms with Crippen molar-refractivity contribution in [3.8, 4) is 5.75 Å². The van der Waals surface area contributed by atoms with Crippen molar-refractivity contribution in [2.24, 2.45) is 5.73 Å². The van der Waals surface area contributed by atoms with Crippen molar-refractivity contribution in [2.45, 2.75) is 25.8 Å². The lowest BCUT2D eigenvalue weighted by Gasteiger charge is -2.18. The fraction of sp³-hybridized carbons (Fsp3) is 0.500. The van der Waals surface area contributed by atoms with E-state index in [4.69, 9.17) is 10.5 Å². The van der Waals surface area contributed by atoms with Gasteiger partial charge in [0.1, 0.15) is 5.75 Å². The van der Waals surface area contributed by atoms with Crippen molar-refractivity contribution in [1.29, 1.82) is 0 Å². The van der Waals surface area contributed by atoms with Crippen molar-refractivity contribution in [3.05, 3.63) is 29.8 Å². The fourth-order valence-electron chi connectivity index (χ4n) is 1.79. The van der Waals surface area contributed by atoms with E-state index < -0.39 is 0 Å². The average molecular weight is 250 g/mol. The molecule has 0 saturated heterocycles. The molecular formula is C14H22N2O2. The second kappa shape index (κ2) is 7.71. The van der Waals surface area contributed by atoms with Gasteiger partial charge in [0.15, 0.2) is 0 Å². The predicted octanol–water partition coefficient (Wildman–Crippen LogP) is 1.78. The zero-order chi connectivity index (χ0) is 13.4. The van der Waals surface area contributed by atoms with Crippen LogP contribution in [-0.2, 0) is 11.3 Å². The van der Waals surface area contributed by atoms with Crippen LogP contribution in [0.5, 0.6) is 5.75 Å². The van der Waals surface area contributed by atoms with Crippen LogP contribution in [0.1, 0.15) is 24.8 Å². The summed E-state index contributed by atoms with van der Waals surface area (Å²) in [5.41, 5.74) is 6.43. The molecule has 0 spiro atoms. The zero-order valence-electron chi connectivity index (χ0n) is 11.2. The van der Waals surface area contributed by atoms with Gasteiger partial charge in [-0.15, -0.1) is 0 Å². The number of benzene rings is 1. The minimum atomic E-state index is 0.148. The first-order valence-electron chi connectivity index (χ1n) is 6.25. The molecule has 0 aromatic heterocycles. The molecular weight excluding hydrogens is 228 g/mol. The van der Waals surface area contributed by atoms with Crippen LogP contribution in [0.25, 0.3) is 0 Å². The summed E-state index contributed by atoms with van der Waals surface area (Å²) in [5.74, 6) is 0.966. The van der Waals surface area contributed by atoms with Gasteiger partial charge < -0.3 is 15.4 Å². The second-order valence-corrected chi connectivity index (χ2v) is 4.31. The molecule has 4 nitrogen and oxygen atoms in total. The predicted molar refractivity (Wildman–Crippen MR) is 72.4 cm³/mol. The molecule has 0 fully saturated rings. The number of nitrogens with zero attached hydrogens (tertiary/aromatic N) is 1. The fourth-order valence-corrected chi connectivity index (χ4v) is 1.79. The van der Waals surface area contributed by atoms with Crippen LogP contribution < -0.4 is 10.5 Å². The van der Waals surface area contributed by atoms with Crippen molar-refractivity contribution < 1.29 is 9.53 Å². The van der Waals surface area contributed by atoms with Crippen molar-refractivity contribution >= 4 is 5.91 Å². The topological polar surface area (TPSA) is 55.6 Å². The lowest BCUT2D eigenvalue weighted by Crippen LogP contribution is -2.26. The van der Waals surface area contributed by atoms with E-state index in [-0.39, 0.29) is 5.91 Å². The van der Waals surface area contributed by atoms with Gasteiger partial charge in [-0.2, -0.15) is 0 Å². The van der Waals surface area contributed by atoms with E-state index in [2.05, 4.69) is 0 Å². The summed E-state index contributed by atoms with van der Waals surface area (Å²) in [7, 11) is 3.46. The Bertz CT molecular complexity index is 380. The third-order valence-electron chi connectivity index (χ3n) is 2.87. The van der Waals surface area contributed by atoms with Crippen LogP contribution in [0.2, 0.25) is 0 Å². The molecule has 0 atom stereocenters. The first-order chi connectivity index (χ1) is 8.69. The number of carbonyl (C=O) groups is 1. The van der Waals surface area contributed by atoms with Gasteiger partial charge >= 0.3 is 0 Å². The molecule has 4 heteroatoms. The average Bonchev–Trinajstić information content (AvgIpc) is 2.39. The van der Waals surface area contributed by atoms with E-state index in [1.807, 2.05) is 31.3 Å². The molecule has 0 aliphatic heterocycles. The molecule has 1 rings (SSSR count). The number of unbranched alkanes of at least 4 members (excludes halogenated alkanes) is 1. The van der Waals surface area contributed by atoms with E-state index in [9.17, 15) is 4.79 Å². The molecule has 0 heterocycles. The van der Waals surface area contributed by atoms with E-state index in [1.54, 1.807) is 12.0 Å². The second-order valence-electron chi connectivity index (χ2n) is 4.31. The number of nitrogens with two attached hydrogens (primary N) is 1. The minimum Gasteiger partial charge on any atom is -0.496 e. The van der Waals surface area contributed by atoms with Crippen molar-refractivity contribution in [1.82, 2.24) is 4.90 Å². The Morgan fingerprint density at radius 1 is 1.33 bits per heavy atom. The molecule has 100 valence electrons. The highest BCUT2D eigenvalue weighted by Crippen LogP contribution is 2.19. The molecule has 1 aromatic rings. The van der Waals surface area contributed by atoms with E-state index in [1.165, 1.54) is 0 Å². The van der Waals surface area contributed by atoms with Crippen LogP contribution in [0.3, 0.4) is 0 Å². The molecule has 1 aromatic carbocycles. The Balaban J connectivity index is 2.52. The van der Waals surface area contributed by atoms with Crippen LogP contribution in [-0.4, -0.2) is 31.5 Å². The number of ether oxygens (including phenoxy) is 1. The summed E-state index contributed by atoms with van der Waals surface area (Å²) in [6.45, 7) is 1.22. The Morgan fingerprint density at radius 3 is 2.72 bits per heavy atom. The van der Waals surface area contributed by atoms with Gasteiger partial charge in [0.25, 0.3) is 0 Å². The van der Waals surface area contributed by atoms with Gasteiger partial charge in [0.05, 0.1) is 7.11 Å². The molecule has 0 saturated carbocycles. The number of para-hydroxylation sites is 1. The Morgan fingerprint density at radius 2 is 2.06 bits per heavy atom. The van der Waals surface area contributed by atoms with Crippen LogP contribution in [0.15, 0.2) is 24.3 Å². The van der Waals surface area contributed by atoms with Crippen LogP contribution in [0.4, 0.5) is 0 Å². The summed E-state index contributed by atoms with van der Waals surface area (Å²) >= 11 is 0. The number of methoxy groups -OCH3 is 1. The third-order valence-corrected chi connectivity index (χ3v) is 2.87. The van der Waals surface area contributed by atoms with Gasteiger partial charge in [-0.05, 0) is 25.5 Å². The summed E-state index contributed by atoms with van der Waals surface area (Å²) < 4.78 is 5.27. The summed E-state index contributed by atoms with van der Waals surface area (Å²) in [4.78, 5) is 13.6. The van der Waals surface area contributed by atoms with Crippen molar-refractivity contribution in [3.63, 3.8) is 0 Å². The van der Waals surface area contributed by atoms with E-state index in [0.717, 1.165) is 24.2 Å². The maximum absolute atomic E-state index is 11.9. The molecule has 18 heavy (non-hydrogen) atoms. The van der Waals surface area contributed by atoms with Gasteiger partial charge in [0.2, 0.25) is 5.91 Å². The number of hydrogen-bond acceptors (Lipinski definition) is 3. The van der Waals surface area contributed by atoms with Crippen molar-refractivity contribution in [2.75, 3.05) is 20.7 Å². The zero-order valence-corrected chi connectivity index (χ0v) is 11.2. The Kier molecular flexibility index (Phi) is 6.22. The number of amides is 1. The number of rotatable bonds is 7. The molecule has 0 aliphatic rings. The number of carbonyl (C=O) groups excluding carboxylic acids is 1. The first-order valence-corrected chi connectivity index (χ1v) is 6.25. The molecule has 0 bridgehead atoms. The Labute approximate surface area is 109 Å². The van der Waals surface area contributed by atoms with Gasteiger partial charge in [-0.1, -0.05) is 18.2 Å². The summed E-state index contributed by atoms with van der Waals surface area (Å²) in [5, 5.41) is 0. The lowest BCUT2D eigenvalue weighted by molar-refractivity contribution is -0.130. The third kappa shape index (κ3) is 4.37. The summed E-state index contributed by atoms with van der Waals surface area (Å²) in [6, 6.07) is 7.75. The van der Waals surface area contributed by atoms with E-state index in [0.29, 0.717) is 19.5 Å². The standard InChI is InChI=1S/C14H22N2O2/c1-16(14(17)9-5-6-10-15)11-12-7-3-4-8-13(12)18-2/h3-4,7-8H,5-6,9-11,15H2,1-2H3. The maximum Gasteiger partial charge on any atom is 0.222 e. The summed E-state index contributed by atoms with van der Waals surface area (Å²) in [6.07, 6.45) is 2.31. The Hall–Kier alpha value is -1.55. The van der Waals surface area contributed by atoms with Crippen LogP contribution in [0, 0.1) is 0 Å². The van der Waals surface area contributed by atoms with Gasteiger partial charge in [-0.25, -0.2) is 0 Å². The maximum atomic E-state index is 11.9. The molecule has 2 N–H and O–H groups in total. The minimum absolute atomic E-state index is 0.148. The molecule has 1 amide bonds. The highest BCUT2D eigenvalue weighted by Gasteiger charge is 2.11. The van der Waals surface area contributed by atoms with Gasteiger partial charge in [-0.3, -0.25) is 4.79 Å². The van der Waals surface area contributed by atoms with Gasteiger partial charge in [0, 0.05) is 25.6 Å². The largest absolute Gasteiger partial charge is 0.496 e. The monoisotopic (exact) mass is 250 g/mol. The molecule has 0 radical (unpaired) electrons. The first kappa shape index (κ1) is 14.5. The lowest BCUT2D eigenvalue weighted by atomic mass is 10.1.